The lowest BCUT2D eigenvalue weighted by molar-refractivity contribution is 0.645. The average molecular weight is 187 g/mol. The van der Waals surface area contributed by atoms with Crippen molar-refractivity contribution >= 4 is 6.21 Å². The van der Waals surface area contributed by atoms with Crippen molar-refractivity contribution in [1.82, 2.24) is 10.3 Å². The van der Waals surface area contributed by atoms with Gasteiger partial charge in [0, 0.05) is 29.9 Å². The molecule has 2 heterocycles. The Hall–Kier alpha value is -1.64. The second kappa shape index (κ2) is 3.62. The summed E-state index contributed by atoms with van der Waals surface area (Å²) in [5.41, 5.74) is 3.26. The van der Waals surface area contributed by atoms with E-state index in [-0.39, 0.29) is 6.17 Å². The minimum absolute atomic E-state index is 0.0202. The van der Waals surface area contributed by atoms with E-state index in [4.69, 9.17) is 0 Å². The predicted octanol–water partition coefficient (Wildman–Crippen LogP) is 1.97. The Kier molecular flexibility index (Phi) is 2.31. The third-order valence-electron chi connectivity index (χ3n) is 2.15. The lowest BCUT2D eigenvalue weighted by atomic mass is 10.2. The summed E-state index contributed by atoms with van der Waals surface area (Å²) in [5.74, 6) is 0. The largest absolute Gasteiger partial charge is 0.366 e. The predicted molar refractivity (Wildman–Crippen MR) is 57.1 cm³/mol. The van der Waals surface area contributed by atoms with Crippen LogP contribution in [0.25, 0.3) is 0 Å². The molecule has 1 aromatic rings. The second-order valence-electron chi connectivity index (χ2n) is 3.47. The van der Waals surface area contributed by atoms with Crippen molar-refractivity contribution in [3.8, 4) is 0 Å². The molecule has 1 N–H and O–H groups in total. The van der Waals surface area contributed by atoms with Crippen LogP contribution in [0.4, 0.5) is 0 Å². The van der Waals surface area contributed by atoms with Gasteiger partial charge in [0.15, 0.2) is 0 Å². The Morgan fingerprint density at radius 1 is 1.29 bits per heavy atom. The van der Waals surface area contributed by atoms with Crippen LogP contribution < -0.4 is 5.32 Å². The van der Waals surface area contributed by atoms with Crippen LogP contribution in [-0.4, -0.2) is 11.2 Å². The molecule has 3 nitrogen and oxygen atoms in total. The summed E-state index contributed by atoms with van der Waals surface area (Å²) in [6.07, 6.45) is 5.73. The topological polar surface area (TPSA) is 37.3 Å². The Bertz CT molecular complexity index is 376. The summed E-state index contributed by atoms with van der Waals surface area (Å²) in [5, 5.41) is 3.20. The maximum absolute atomic E-state index is 4.37. The van der Waals surface area contributed by atoms with Crippen molar-refractivity contribution in [2.75, 3.05) is 0 Å². The van der Waals surface area contributed by atoms with Crippen molar-refractivity contribution in [1.29, 1.82) is 0 Å². The smallest absolute Gasteiger partial charge is 0.145 e. The Balaban J connectivity index is 2.18. The minimum Gasteiger partial charge on any atom is -0.366 e. The summed E-state index contributed by atoms with van der Waals surface area (Å²) in [6, 6.07) is 4.05. The van der Waals surface area contributed by atoms with Crippen molar-refractivity contribution in [2.24, 2.45) is 4.99 Å². The number of aryl methyl sites for hydroxylation is 1. The van der Waals surface area contributed by atoms with Crippen molar-refractivity contribution in [3.05, 3.63) is 41.4 Å². The van der Waals surface area contributed by atoms with Crippen LogP contribution >= 0.6 is 0 Å². The Morgan fingerprint density at radius 2 is 2.14 bits per heavy atom. The standard InChI is InChI=1S/C11H13N3/c1-8-5-13-11(14-6-8)10-4-3-9(2)12-7-10/h3-7,11,13H,1-2H3. The van der Waals surface area contributed by atoms with Gasteiger partial charge in [0.2, 0.25) is 0 Å². The number of allylic oxidation sites excluding steroid dienone is 1. The van der Waals surface area contributed by atoms with E-state index in [9.17, 15) is 0 Å². The molecular weight excluding hydrogens is 174 g/mol. The van der Waals surface area contributed by atoms with Gasteiger partial charge in [-0.3, -0.25) is 9.98 Å². The van der Waals surface area contributed by atoms with Crippen LogP contribution in [0.5, 0.6) is 0 Å². The van der Waals surface area contributed by atoms with Gasteiger partial charge in [0.05, 0.1) is 0 Å². The molecule has 1 aliphatic heterocycles. The first kappa shape index (κ1) is 8.94. The van der Waals surface area contributed by atoms with Crippen molar-refractivity contribution in [2.45, 2.75) is 20.0 Å². The third kappa shape index (κ3) is 1.82. The van der Waals surface area contributed by atoms with E-state index in [1.54, 1.807) is 0 Å². The first-order valence-corrected chi connectivity index (χ1v) is 4.64. The van der Waals surface area contributed by atoms with E-state index < -0.39 is 0 Å². The van der Waals surface area contributed by atoms with Gasteiger partial charge in [-0.05, 0) is 25.5 Å². The van der Waals surface area contributed by atoms with Gasteiger partial charge in [0.25, 0.3) is 0 Å². The number of aliphatic imine (C=N–C) groups is 1. The molecule has 1 aliphatic rings. The molecule has 0 saturated heterocycles. The summed E-state index contributed by atoms with van der Waals surface area (Å²) >= 11 is 0. The molecule has 0 bridgehead atoms. The van der Waals surface area contributed by atoms with E-state index >= 15 is 0 Å². The molecule has 72 valence electrons. The summed E-state index contributed by atoms with van der Waals surface area (Å²) in [6.45, 7) is 3.99. The molecular formula is C11H13N3. The molecule has 0 aliphatic carbocycles. The lowest BCUT2D eigenvalue weighted by Crippen LogP contribution is -2.17. The number of rotatable bonds is 1. The van der Waals surface area contributed by atoms with Gasteiger partial charge >= 0.3 is 0 Å². The van der Waals surface area contributed by atoms with Crippen molar-refractivity contribution < 1.29 is 0 Å². The van der Waals surface area contributed by atoms with Crippen LogP contribution in [0.3, 0.4) is 0 Å². The molecule has 0 spiro atoms. The first-order valence-electron chi connectivity index (χ1n) is 4.64. The Labute approximate surface area is 83.6 Å². The molecule has 2 rings (SSSR count). The number of nitrogens with one attached hydrogen (secondary N) is 1. The molecule has 0 saturated carbocycles. The number of aromatic nitrogens is 1. The number of nitrogens with zero attached hydrogens (tertiary/aromatic N) is 2. The second-order valence-corrected chi connectivity index (χ2v) is 3.47. The fraction of sp³-hybridized carbons (Fsp3) is 0.273. The molecule has 1 atom stereocenters. The number of pyridine rings is 1. The SMILES string of the molecule is CC1=CNC(c2ccc(C)nc2)N=C1. The molecule has 1 aromatic heterocycles. The van der Waals surface area contributed by atoms with Crippen LogP contribution in [0, 0.1) is 6.92 Å². The van der Waals surface area contributed by atoms with Crippen LogP contribution in [-0.2, 0) is 0 Å². The third-order valence-corrected chi connectivity index (χ3v) is 2.15. The van der Waals surface area contributed by atoms with Crippen molar-refractivity contribution in [3.63, 3.8) is 0 Å². The number of hydrogen-bond donors (Lipinski definition) is 1. The fourth-order valence-electron chi connectivity index (χ4n) is 1.31. The highest BCUT2D eigenvalue weighted by atomic mass is 15.1. The van der Waals surface area contributed by atoms with Crippen LogP contribution in [0.15, 0.2) is 35.1 Å². The summed E-state index contributed by atoms with van der Waals surface area (Å²) in [7, 11) is 0. The van der Waals surface area contributed by atoms with Crippen LogP contribution in [0.1, 0.15) is 24.3 Å². The monoisotopic (exact) mass is 187 g/mol. The maximum atomic E-state index is 4.37. The van der Waals surface area contributed by atoms with Gasteiger partial charge in [-0.2, -0.15) is 0 Å². The minimum atomic E-state index is 0.0202. The maximum Gasteiger partial charge on any atom is 0.145 e. The molecule has 0 radical (unpaired) electrons. The molecule has 0 aromatic carbocycles. The molecule has 3 heteroatoms. The van der Waals surface area contributed by atoms with Gasteiger partial charge in [-0.25, -0.2) is 0 Å². The summed E-state index contributed by atoms with van der Waals surface area (Å²) in [4.78, 5) is 8.60. The zero-order valence-corrected chi connectivity index (χ0v) is 8.36. The highest BCUT2D eigenvalue weighted by molar-refractivity contribution is 5.78. The molecule has 1 unspecified atom stereocenters. The van der Waals surface area contributed by atoms with Gasteiger partial charge in [-0.1, -0.05) is 6.07 Å². The van der Waals surface area contributed by atoms with Gasteiger partial charge < -0.3 is 5.32 Å². The van der Waals surface area contributed by atoms with E-state index in [2.05, 4.69) is 15.3 Å². The normalized spacial score (nSPS) is 20.1. The summed E-state index contributed by atoms with van der Waals surface area (Å²) < 4.78 is 0. The lowest BCUT2D eigenvalue weighted by Gasteiger charge is -2.16. The fourth-order valence-corrected chi connectivity index (χ4v) is 1.31. The van der Waals surface area contributed by atoms with E-state index in [1.807, 2.05) is 44.6 Å². The van der Waals surface area contributed by atoms with Crippen LogP contribution in [0.2, 0.25) is 0 Å². The zero-order valence-electron chi connectivity index (χ0n) is 8.36. The zero-order chi connectivity index (χ0) is 9.97. The van der Waals surface area contributed by atoms with E-state index in [0.29, 0.717) is 0 Å². The molecule has 0 fully saturated rings. The molecule has 0 amide bonds. The Morgan fingerprint density at radius 3 is 2.71 bits per heavy atom. The van der Waals surface area contributed by atoms with Gasteiger partial charge in [0.1, 0.15) is 6.17 Å². The van der Waals surface area contributed by atoms with E-state index in [0.717, 1.165) is 16.8 Å². The van der Waals surface area contributed by atoms with E-state index in [1.165, 1.54) is 0 Å². The molecule has 14 heavy (non-hydrogen) atoms. The number of hydrogen-bond acceptors (Lipinski definition) is 3. The van der Waals surface area contributed by atoms with Gasteiger partial charge in [-0.15, -0.1) is 0 Å². The first-order chi connectivity index (χ1) is 6.75. The highest BCUT2D eigenvalue weighted by Crippen LogP contribution is 2.16. The average Bonchev–Trinajstić information content (AvgIpc) is 2.21. The highest BCUT2D eigenvalue weighted by Gasteiger charge is 2.09. The quantitative estimate of drug-likeness (QED) is 0.729.